The molecule has 0 aliphatic carbocycles. The van der Waals surface area contributed by atoms with Gasteiger partial charge in [0.1, 0.15) is 0 Å². The lowest BCUT2D eigenvalue weighted by Crippen LogP contribution is -2.36. The molecule has 0 fully saturated rings. The maximum Gasteiger partial charge on any atom is 0.243 e. The number of hydrogen-bond acceptors (Lipinski definition) is 5. The van der Waals surface area contributed by atoms with Crippen molar-refractivity contribution in [3.63, 3.8) is 0 Å². The van der Waals surface area contributed by atoms with Crippen molar-refractivity contribution >= 4 is 31.6 Å². The van der Waals surface area contributed by atoms with Gasteiger partial charge in [-0.2, -0.15) is 4.31 Å². The molecule has 0 aliphatic rings. The summed E-state index contributed by atoms with van der Waals surface area (Å²) >= 11 is 3.24. The zero-order valence-corrected chi connectivity index (χ0v) is 13.9. The number of nitrogens with zero attached hydrogens (tertiary/aromatic N) is 1. The maximum atomic E-state index is 12.6. The van der Waals surface area contributed by atoms with Gasteiger partial charge in [-0.25, -0.2) is 8.42 Å². The molecular formula is C12H19BrN2O4S. The topological polar surface area (TPSA) is 81.9 Å². The smallest absolute Gasteiger partial charge is 0.243 e. The zero-order valence-electron chi connectivity index (χ0n) is 11.5. The molecule has 0 aromatic heterocycles. The molecule has 8 heteroatoms. The van der Waals surface area contributed by atoms with Crippen LogP contribution >= 0.6 is 15.9 Å². The Morgan fingerprint density at radius 1 is 1.20 bits per heavy atom. The molecule has 0 bridgehead atoms. The number of halogens is 1. The van der Waals surface area contributed by atoms with E-state index in [1.807, 2.05) is 0 Å². The normalized spacial score (nSPS) is 12.0. The van der Waals surface area contributed by atoms with Crippen LogP contribution in [0.5, 0.6) is 0 Å². The van der Waals surface area contributed by atoms with E-state index in [0.717, 1.165) is 0 Å². The first kappa shape index (κ1) is 17.4. The number of hydrogen-bond donors (Lipinski definition) is 1. The predicted molar refractivity (Wildman–Crippen MR) is 81.1 cm³/mol. The van der Waals surface area contributed by atoms with Crippen molar-refractivity contribution in [3.8, 4) is 0 Å². The Labute approximate surface area is 128 Å². The highest BCUT2D eigenvalue weighted by molar-refractivity contribution is 9.10. The van der Waals surface area contributed by atoms with Crippen LogP contribution < -0.4 is 5.73 Å². The predicted octanol–water partition coefficient (Wildman–Crippen LogP) is 1.31. The van der Waals surface area contributed by atoms with Gasteiger partial charge in [-0.15, -0.1) is 0 Å². The summed E-state index contributed by atoms with van der Waals surface area (Å²) in [6.45, 7) is 1.17. The van der Waals surface area contributed by atoms with Crippen molar-refractivity contribution in [2.24, 2.45) is 0 Å². The summed E-state index contributed by atoms with van der Waals surface area (Å²) in [5.41, 5.74) is 6.16. The van der Waals surface area contributed by atoms with E-state index in [2.05, 4.69) is 15.9 Å². The summed E-state index contributed by atoms with van der Waals surface area (Å²) in [6.07, 6.45) is 0. The Morgan fingerprint density at radius 2 is 1.75 bits per heavy atom. The van der Waals surface area contributed by atoms with Crippen LogP contribution in [0, 0.1) is 0 Å². The van der Waals surface area contributed by atoms with Crippen LogP contribution in [-0.4, -0.2) is 53.2 Å². The number of anilines is 1. The monoisotopic (exact) mass is 366 g/mol. The summed E-state index contributed by atoms with van der Waals surface area (Å²) in [5.74, 6) is 0. The van der Waals surface area contributed by atoms with Crippen LogP contribution in [0.4, 0.5) is 5.69 Å². The summed E-state index contributed by atoms with van der Waals surface area (Å²) in [6, 6.07) is 4.54. The van der Waals surface area contributed by atoms with Gasteiger partial charge >= 0.3 is 0 Å². The average Bonchev–Trinajstić information content (AvgIpc) is 2.41. The molecule has 114 valence electrons. The third-order valence-electron chi connectivity index (χ3n) is 2.70. The first-order valence-electron chi connectivity index (χ1n) is 5.96. The molecule has 6 nitrogen and oxygen atoms in total. The van der Waals surface area contributed by atoms with Crippen molar-refractivity contribution in [2.45, 2.75) is 4.90 Å². The van der Waals surface area contributed by atoms with E-state index in [1.165, 1.54) is 30.7 Å². The number of nitrogen functional groups attached to an aromatic ring is 1. The molecule has 1 aromatic rings. The second-order valence-electron chi connectivity index (χ2n) is 4.07. The third kappa shape index (κ3) is 4.42. The molecule has 0 amide bonds. The van der Waals surface area contributed by atoms with Crippen LogP contribution in [0.25, 0.3) is 0 Å². The molecule has 0 heterocycles. The highest BCUT2D eigenvalue weighted by Crippen LogP contribution is 2.25. The fourth-order valence-electron chi connectivity index (χ4n) is 1.56. The zero-order chi connectivity index (χ0) is 15.2. The van der Waals surface area contributed by atoms with Gasteiger partial charge in [-0.05, 0) is 34.1 Å². The first-order valence-corrected chi connectivity index (χ1v) is 8.20. The quantitative estimate of drug-likeness (QED) is 0.701. The van der Waals surface area contributed by atoms with Crippen molar-refractivity contribution in [2.75, 3.05) is 46.3 Å². The number of sulfonamides is 1. The lowest BCUT2D eigenvalue weighted by Gasteiger charge is -2.21. The van der Waals surface area contributed by atoms with Crippen molar-refractivity contribution in [3.05, 3.63) is 22.7 Å². The fourth-order valence-corrected chi connectivity index (χ4v) is 3.52. The lowest BCUT2D eigenvalue weighted by atomic mass is 10.3. The number of methoxy groups -OCH3 is 2. The van der Waals surface area contributed by atoms with E-state index in [0.29, 0.717) is 23.4 Å². The highest BCUT2D eigenvalue weighted by atomic mass is 79.9. The van der Waals surface area contributed by atoms with E-state index >= 15 is 0 Å². The highest BCUT2D eigenvalue weighted by Gasteiger charge is 2.24. The molecular weight excluding hydrogens is 348 g/mol. The van der Waals surface area contributed by atoms with Crippen molar-refractivity contribution in [1.29, 1.82) is 0 Å². The number of rotatable bonds is 8. The Morgan fingerprint density at radius 3 is 2.20 bits per heavy atom. The molecule has 1 rings (SSSR count). The molecule has 0 aliphatic heterocycles. The summed E-state index contributed by atoms with van der Waals surface area (Å²) in [7, 11) is -0.540. The molecule has 20 heavy (non-hydrogen) atoms. The van der Waals surface area contributed by atoms with Gasteiger partial charge in [0.2, 0.25) is 10.0 Å². The standard InChI is InChI=1S/C12H19BrN2O4S/c1-18-7-5-15(6-8-19-2)20(16,17)10-3-4-12(14)11(13)9-10/h3-4,9H,5-8,14H2,1-2H3. The molecule has 1 aromatic carbocycles. The van der Waals surface area contributed by atoms with Gasteiger partial charge in [0, 0.05) is 37.5 Å². The van der Waals surface area contributed by atoms with Crippen LogP contribution in [0.3, 0.4) is 0 Å². The van der Waals surface area contributed by atoms with Gasteiger partial charge in [0.25, 0.3) is 0 Å². The van der Waals surface area contributed by atoms with Crippen molar-refractivity contribution < 1.29 is 17.9 Å². The summed E-state index contributed by atoms with van der Waals surface area (Å²) < 4.78 is 36.9. The van der Waals surface area contributed by atoms with Crippen LogP contribution in [0.2, 0.25) is 0 Å². The van der Waals surface area contributed by atoms with E-state index in [-0.39, 0.29) is 18.0 Å². The Bertz CT molecular complexity index is 528. The minimum Gasteiger partial charge on any atom is -0.398 e. The first-order chi connectivity index (χ1) is 9.43. The Hall–Kier alpha value is -0.670. The van der Waals surface area contributed by atoms with Crippen LogP contribution in [0.1, 0.15) is 0 Å². The molecule has 0 radical (unpaired) electrons. The minimum atomic E-state index is -3.60. The molecule has 0 saturated carbocycles. The van der Waals surface area contributed by atoms with E-state index in [4.69, 9.17) is 15.2 Å². The number of ether oxygens (including phenoxy) is 2. The van der Waals surface area contributed by atoms with Gasteiger partial charge in [0.15, 0.2) is 0 Å². The molecule has 0 spiro atoms. The maximum absolute atomic E-state index is 12.6. The summed E-state index contributed by atoms with van der Waals surface area (Å²) in [4.78, 5) is 0.186. The van der Waals surface area contributed by atoms with Gasteiger partial charge in [-0.3, -0.25) is 0 Å². The van der Waals surface area contributed by atoms with Gasteiger partial charge < -0.3 is 15.2 Å². The molecule has 0 unspecified atom stereocenters. The SMILES string of the molecule is COCCN(CCOC)S(=O)(=O)c1ccc(N)c(Br)c1. The largest absolute Gasteiger partial charge is 0.398 e. The third-order valence-corrected chi connectivity index (χ3v) is 5.28. The molecule has 0 saturated heterocycles. The number of nitrogens with two attached hydrogens (primary N) is 1. The minimum absolute atomic E-state index is 0.186. The fraction of sp³-hybridized carbons (Fsp3) is 0.500. The average molecular weight is 367 g/mol. The van der Waals surface area contributed by atoms with E-state index < -0.39 is 10.0 Å². The summed E-state index contributed by atoms with van der Waals surface area (Å²) in [5, 5.41) is 0. The van der Waals surface area contributed by atoms with Gasteiger partial charge in [0.05, 0.1) is 18.1 Å². The lowest BCUT2D eigenvalue weighted by molar-refractivity contribution is 0.150. The Kier molecular flexibility index (Phi) is 6.90. The van der Waals surface area contributed by atoms with E-state index in [1.54, 1.807) is 6.07 Å². The second-order valence-corrected chi connectivity index (χ2v) is 6.87. The molecule has 0 atom stereocenters. The van der Waals surface area contributed by atoms with Crippen molar-refractivity contribution in [1.82, 2.24) is 4.31 Å². The Balaban J connectivity index is 3.03. The molecule has 2 N–H and O–H groups in total. The van der Waals surface area contributed by atoms with Gasteiger partial charge in [-0.1, -0.05) is 0 Å². The van der Waals surface area contributed by atoms with Crippen LogP contribution in [0.15, 0.2) is 27.6 Å². The number of benzene rings is 1. The van der Waals surface area contributed by atoms with E-state index in [9.17, 15) is 8.42 Å². The second kappa shape index (κ2) is 7.94. The van der Waals surface area contributed by atoms with Crippen LogP contribution in [-0.2, 0) is 19.5 Å².